The molecule has 0 aliphatic heterocycles. The molecule has 1 amide bonds. The third-order valence-electron chi connectivity index (χ3n) is 3.56. The zero-order valence-electron chi connectivity index (χ0n) is 10.6. The number of rotatable bonds is 3. The lowest BCUT2D eigenvalue weighted by atomic mass is 9.85. The van der Waals surface area contributed by atoms with Crippen molar-refractivity contribution in [2.75, 3.05) is 6.54 Å². The summed E-state index contributed by atoms with van der Waals surface area (Å²) >= 11 is 9.37. The van der Waals surface area contributed by atoms with Crippen LogP contribution in [-0.4, -0.2) is 23.2 Å². The predicted molar refractivity (Wildman–Crippen MR) is 79.5 cm³/mol. The molecule has 5 heteroatoms. The molecule has 0 heterocycles. The number of nitrogens with one attached hydrogen (secondary N) is 1. The van der Waals surface area contributed by atoms with Gasteiger partial charge >= 0.3 is 0 Å². The molecule has 3 nitrogen and oxygen atoms in total. The third kappa shape index (κ3) is 3.71. The Bertz CT molecular complexity index is 473. The van der Waals surface area contributed by atoms with Gasteiger partial charge in [0.15, 0.2) is 0 Å². The summed E-state index contributed by atoms with van der Waals surface area (Å²) in [6.45, 7) is 0.286. The van der Waals surface area contributed by atoms with Crippen LogP contribution in [0.15, 0.2) is 22.7 Å². The number of aliphatic hydroxyl groups is 1. The average molecular weight is 347 g/mol. The van der Waals surface area contributed by atoms with Crippen molar-refractivity contribution in [2.24, 2.45) is 0 Å². The highest BCUT2D eigenvalue weighted by atomic mass is 79.9. The minimum atomic E-state index is -0.758. The standard InChI is InChI=1S/C14H17BrClNO2/c15-11-6-4-5-10(12(11)16)13(18)17-9-14(19)7-2-1-3-8-14/h4-6,19H,1-3,7-9H2,(H,17,18). The Kier molecular flexibility index (Phi) is 4.87. The monoisotopic (exact) mass is 345 g/mol. The Labute approximate surface area is 126 Å². The largest absolute Gasteiger partial charge is 0.388 e. The fourth-order valence-corrected chi connectivity index (χ4v) is 2.98. The molecule has 0 saturated heterocycles. The van der Waals surface area contributed by atoms with E-state index in [2.05, 4.69) is 21.2 Å². The van der Waals surface area contributed by atoms with Crippen LogP contribution in [0.5, 0.6) is 0 Å². The van der Waals surface area contributed by atoms with E-state index >= 15 is 0 Å². The minimum absolute atomic E-state index is 0.245. The first kappa shape index (κ1) is 14.8. The number of amides is 1. The highest BCUT2D eigenvalue weighted by Gasteiger charge is 2.29. The fourth-order valence-electron chi connectivity index (χ4n) is 2.41. The maximum atomic E-state index is 12.1. The summed E-state index contributed by atoms with van der Waals surface area (Å²) in [5, 5.41) is 13.5. The van der Waals surface area contributed by atoms with E-state index in [4.69, 9.17) is 11.6 Å². The Morgan fingerprint density at radius 1 is 1.37 bits per heavy atom. The number of benzene rings is 1. The Balaban J connectivity index is 1.99. The number of halogens is 2. The first-order valence-electron chi connectivity index (χ1n) is 6.46. The van der Waals surface area contributed by atoms with Crippen LogP contribution in [-0.2, 0) is 0 Å². The molecule has 1 aromatic carbocycles. The lowest BCUT2D eigenvalue weighted by Gasteiger charge is -2.32. The molecule has 1 saturated carbocycles. The Hall–Kier alpha value is -0.580. The second-order valence-electron chi connectivity index (χ2n) is 5.07. The number of carbonyl (C=O) groups excluding carboxylic acids is 1. The van der Waals surface area contributed by atoms with Crippen molar-refractivity contribution in [3.05, 3.63) is 33.3 Å². The molecule has 0 spiro atoms. The lowest BCUT2D eigenvalue weighted by Crippen LogP contribution is -2.44. The second-order valence-corrected chi connectivity index (χ2v) is 6.30. The van der Waals surface area contributed by atoms with Gasteiger partial charge in [-0.1, -0.05) is 36.9 Å². The van der Waals surface area contributed by atoms with Crippen molar-refractivity contribution >= 4 is 33.4 Å². The molecule has 0 aromatic heterocycles. The highest BCUT2D eigenvalue weighted by molar-refractivity contribution is 9.10. The van der Waals surface area contributed by atoms with Gasteiger partial charge in [-0.2, -0.15) is 0 Å². The van der Waals surface area contributed by atoms with E-state index in [0.29, 0.717) is 15.1 Å². The SMILES string of the molecule is O=C(NCC1(O)CCCCC1)c1cccc(Br)c1Cl. The van der Waals surface area contributed by atoms with Crippen LogP contribution in [0.3, 0.4) is 0 Å². The van der Waals surface area contributed by atoms with Crippen molar-refractivity contribution in [3.63, 3.8) is 0 Å². The summed E-state index contributed by atoms with van der Waals surface area (Å²) in [6.07, 6.45) is 4.70. The Morgan fingerprint density at radius 3 is 2.74 bits per heavy atom. The van der Waals surface area contributed by atoms with Gasteiger partial charge < -0.3 is 10.4 Å². The van der Waals surface area contributed by atoms with Crippen LogP contribution in [0.1, 0.15) is 42.5 Å². The normalized spacial score (nSPS) is 18.1. The molecule has 1 aliphatic rings. The predicted octanol–water partition coefficient (Wildman–Crippen LogP) is 3.53. The summed E-state index contributed by atoms with van der Waals surface area (Å²) in [7, 11) is 0. The molecule has 19 heavy (non-hydrogen) atoms. The van der Waals surface area contributed by atoms with Crippen LogP contribution in [0, 0.1) is 0 Å². The van der Waals surface area contributed by atoms with E-state index in [9.17, 15) is 9.90 Å². The molecule has 1 fully saturated rings. The number of hydrogen-bond donors (Lipinski definition) is 2. The fraction of sp³-hybridized carbons (Fsp3) is 0.500. The quantitative estimate of drug-likeness (QED) is 0.879. The molecule has 104 valence electrons. The summed E-state index contributed by atoms with van der Waals surface area (Å²) in [4.78, 5) is 12.1. The van der Waals surface area contributed by atoms with Crippen LogP contribution in [0.4, 0.5) is 0 Å². The second kappa shape index (κ2) is 6.25. The highest BCUT2D eigenvalue weighted by Crippen LogP contribution is 2.28. The average Bonchev–Trinajstić information content (AvgIpc) is 2.40. The van der Waals surface area contributed by atoms with Gasteiger partial charge in [-0.05, 0) is 40.9 Å². The molecule has 0 atom stereocenters. The molecule has 0 bridgehead atoms. The zero-order valence-corrected chi connectivity index (χ0v) is 12.9. The summed E-state index contributed by atoms with van der Waals surface area (Å²) in [5.74, 6) is -0.245. The van der Waals surface area contributed by atoms with E-state index in [-0.39, 0.29) is 12.5 Å². The van der Waals surface area contributed by atoms with Crippen molar-refractivity contribution < 1.29 is 9.90 Å². The van der Waals surface area contributed by atoms with E-state index < -0.39 is 5.60 Å². The molecular formula is C14H17BrClNO2. The molecule has 0 radical (unpaired) electrons. The van der Waals surface area contributed by atoms with Crippen LogP contribution >= 0.6 is 27.5 Å². The first-order chi connectivity index (χ1) is 9.02. The number of hydrogen-bond acceptors (Lipinski definition) is 2. The lowest BCUT2D eigenvalue weighted by molar-refractivity contribution is 0.00526. The van der Waals surface area contributed by atoms with Gasteiger partial charge in [-0.3, -0.25) is 4.79 Å². The molecule has 1 aromatic rings. The van der Waals surface area contributed by atoms with Gasteiger partial charge in [0.1, 0.15) is 0 Å². The van der Waals surface area contributed by atoms with Crippen molar-refractivity contribution in [2.45, 2.75) is 37.7 Å². The third-order valence-corrected chi connectivity index (χ3v) is 4.85. The van der Waals surface area contributed by atoms with Gasteiger partial charge in [0.2, 0.25) is 0 Å². The van der Waals surface area contributed by atoms with Crippen LogP contribution in [0.2, 0.25) is 5.02 Å². The Morgan fingerprint density at radius 2 is 2.05 bits per heavy atom. The van der Waals surface area contributed by atoms with Gasteiger partial charge in [0.05, 0.1) is 16.2 Å². The van der Waals surface area contributed by atoms with E-state index in [1.54, 1.807) is 18.2 Å². The summed E-state index contributed by atoms with van der Waals surface area (Å²) in [5.41, 5.74) is -0.331. The number of carbonyl (C=O) groups is 1. The maximum Gasteiger partial charge on any atom is 0.252 e. The summed E-state index contributed by atoms with van der Waals surface area (Å²) < 4.78 is 0.693. The van der Waals surface area contributed by atoms with E-state index in [1.807, 2.05) is 0 Å². The minimum Gasteiger partial charge on any atom is -0.388 e. The van der Waals surface area contributed by atoms with Crippen molar-refractivity contribution in [1.29, 1.82) is 0 Å². The van der Waals surface area contributed by atoms with E-state index in [1.165, 1.54) is 0 Å². The molecule has 2 N–H and O–H groups in total. The van der Waals surface area contributed by atoms with Gasteiger partial charge in [-0.15, -0.1) is 0 Å². The topological polar surface area (TPSA) is 49.3 Å². The molecular weight excluding hydrogens is 330 g/mol. The first-order valence-corrected chi connectivity index (χ1v) is 7.63. The van der Waals surface area contributed by atoms with Crippen LogP contribution < -0.4 is 5.32 Å². The van der Waals surface area contributed by atoms with E-state index in [0.717, 1.165) is 32.1 Å². The van der Waals surface area contributed by atoms with Gasteiger partial charge in [0.25, 0.3) is 5.91 Å². The molecule has 2 rings (SSSR count). The summed E-state index contributed by atoms with van der Waals surface area (Å²) in [6, 6.07) is 5.22. The van der Waals surface area contributed by atoms with Gasteiger partial charge in [-0.25, -0.2) is 0 Å². The van der Waals surface area contributed by atoms with Crippen molar-refractivity contribution in [1.82, 2.24) is 5.32 Å². The molecule has 1 aliphatic carbocycles. The maximum absolute atomic E-state index is 12.1. The smallest absolute Gasteiger partial charge is 0.252 e. The molecule has 0 unspecified atom stereocenters. The van der Waals surface area contributed by atoms with Crippen LogP contribution in [0.25, 0.3) is 0 Å². The van der Waals surface area contributed by atoms with Gasteiger partial charge in [0, 0.05) is 11.0 Å². The van der Waals surface area contributed by atoms with Crippen molar-refractivity contribution in [3.8, 4) is 0 Å². The zero-order chi connectivity index (χ0) is 13.9.